The molecule has 2 aromatic heterocycles. The molecule has 170 valence electrons. The SMILES string of the molecule is CC(=O)Oc1c(C)nc(Cc2ccc(-c3ccc(Cc4ccccc4)cc3)nc2)nc1C(N)=O. The molecule has 0 bridgehead atoms. The Morgan fingerprint density at radius 2 is 1.53 bits per heavy atom. The zero-order chi connectivity index (χ0) is 24.1. The summed E-state index contributed by atoms with van der Waals surface area (Å²) in [5.41, 5.74) is 11.0. The van der Waals surface area contributed by atoms with E-state index in [-0.39, 0.29) is 11.4 Å². The average molecular weight is 453 g/mol. The number of carbonyl (C=O) groups excluding carboxylic acids is 2. The number of pyridine rings is 1. The number of primary amides is 1. The summed E-state index contributed by atoms with van der Waals surface area (Å²) in [4.78, 5) is 36.3. The van der Waals surface area contributed by atoms with Gasteiger partial charge in [0, 0.05) is 25.1 Å². The predicted octanol–water partition coefficient (Wildman–Crippen LogP) is 4.05. The molecule has 1 amide bonds. The van der Waals surface area contributed by atoms with Crippen molar-refractivity contribution in [3.63, 3.8) is 0 Å². The van der Waals surface area contributed by atoms with Gasteiger partial charge in [-0.2, -0.15) is 0 Å². The molecule has 0 aliphatic carbocycles. The van der Waals surface area contributed by atoms with E-state index in [0.29, 0.717) is 17.9 Å². The maximum Gasteiger partial charge on any atom is 0.308 e. The lowest BCUT2D eigenvalue weighted by atomic mass is 10.0. The minimum absolute atomic E-state index is 0.00654. The number of nitrogens with zero attached hydrogens (tertiary/aromatic N) is 3. The summed E-state index contributed by atoms with van der Waals surface area (Å²) in [6.07, 6.45) is 3.00. The number of nitrogens with two attached hydrogens (primary N) is 1. The highest BCUT2D eigenvalue weighted by molar-refractivity contribution is 5.94. The van der Waals surface area contributed by atoms with Crippen LogP contribution in [0.25, 0.3) is 11.3 Å². The first-order valence-corrected chi connectivity index (χ1v) is 10.8. The van der Waals surface area contributed by atoms with Gasteiger partial charge in [0.25, 0.3) is 5.91 Å². The maximum atomic E-state index is 11.8. The van der Waals surface area contributed by atoms with Gasteiger partial charge in [-0.05, 0) is 36.1 Å². The minimum Gasteiger partial charge on any atom is -0.422 e. The van der Waals surface area contributed by atoms with Crippen molar-refractivity contribution in [2.75, 3.05) is 0 Å². The molecular weight excluding hydrogens is 428 g/mol. The van der Waals surface area contributed by atoms with Gasteiger partial charge in [-0.3, -0.25) is 14.6 Å². The zero-order valence-electron chi connectivity index (χ0n) is 19.0. The van der Waals surface area contributed by atoms with Crippen molar-refractivity contribution >= 4 is 11.9 Å². The van der Waals surface area contributed by atoms with Crippen molar-refractivity contribution in [1.29, 1.82) is 0 Å². The van der Waals surface area contributed by atoms with Crippen LogP contribution in [0, 0.1) is 6.92 Å². The summed E-state index contributed by atoms with van der Waals surface area (Å²) in [5, 5.41) is 0. The molecule has 0 saturated carbocycles. The van der Waals surface area contributed by atoms with Crippen molar-refractivity contribution in [2.45, 2.75) is 26.7 Å². The summed E-state index contributed by atoms with van der Waals surface area (Å²) < 4.78 is 5.07. The van der Waals surface area contributed by atoms with Crippen LogP contribution in [0.15, 0.2) is 72.9 Å². The van der Waals surface area contributed by atoms with Crippen LogP contribution in [0.3, 0.4) is 0 Å². The number of esters is 1. The van der Waals surface area contributed by atoms with Gasteiger partial charge >= 0.3 is 5.97 Å². The van der Waals surface area contributed by atoms with Gasteiger partial charge in [-0.25, -0.2) is 9.97 Å². The number of benzene rings is 2. The molecule has 0 saturated heterocycles. The first-order chi connectivity index (χ1) is 16.4. The van der Waals surface area contributed by atoms with E-state index in [1.165, 1.54) is 18.1 Å². The second-order valence-electron chi connectivity index (χ2n) is 7.95. The number of ether oxygens (including phenoxy) is 1. The molecule has 0 aliphatic rings. The third-order valence-electron chi connectivity index (χ3n) is 5.25. The number of aryl methyl sites for hydroxylation is 1. The molecule has 4 rings (SSSR count). The first kappa shape index (κ1) is 22.8. The fraction of sp³-hybridized carbons (Fsp3) is 0.148. The Morgan fingerprint density at radius 1 is 0.853 bits per heavy atom. The van der Waals surface area contributed by atoms with Crippen molar-refractivity contribution in [2.24, 2.45) is 5.73 Å². The Labute approximate surface area is 197 Å². The smallest absolute Gasteiger partial charge is 0.308 e. The van der Waals surface area contributed by atoms with Crippen molar-refractivity contribution in [3.05, 3.63) is 107 Å². The highest BCUT2D eigenvalue weighted by Crippen LogP contribution is 2.23. The minimum atomic E-state index is -0.785. The van der Waals surface area contributed by atoms with Crippen molar-refractivity contribution in [3.8, 4) is 17.0 Å². The molecule has 7 nitrogen and oxygen atoms in total. The maximum absolute atomic E-state index is 11.8. The number of carbonyl (C=O) groups is 2. The van der Waals surface area contributed by atoms with Crippen LogP contribution in [0.5, 0.6) is 5.75 Å². The lowest BCUT2D eigenvalue weighted by molar-refractivity contribution is -0.132. The van der Waals surface area contributed by atoms with E-state index in [1.54, 1.807) is 13.1 Å². The van der Waals surface area contributed by atoms with E-state index in [9.17, 15) is 9.59 Å². The molecule has 0 radical (unpaired) electrons. The molecule has 2 heterocycles. The summed E-state index contributed by atoms with van der Waals surface area (Å²) in [7, 11) is 0. The lowest BCUT2D eigenvalue weighted by Gasteiger charge is -2.11. The van der Waals surface area contributed by atoms with Gasteiger partial charge in [-0.15, -0.1) is 0 Å². The van der Waals surface area contributed by atoms with Crippen LogP contribution < -0.4 is 10.5 Å². The standard InChI is InChI=1S/C27H24N4O3/c1-17-26(34-18(2)32)25(27(28)33)31-24(30-17)15-21-10-13-23(29-16-21)22-11-8-20(9-12-22)14-19-6-4-3-5-7-19/h3-13,16H,14-15H2,1-2H3,(H2,28,33). The molecule has 0 unspecified atom stereocenters. The number of rotatable bonds is 7. The van der Waals surface area contributed by atoms with Gasteiger partial charge < -0.3 is 10.5 Å². The van der Waals surface area contributed by atoms with Gasteiger partial charge in [0.1, 0.15) is 5.82 Å². The molecular formula is C27H24N4O3. The lowest BCUT2D eigenvalue weighted by Crippen LogP contribution is -2.19. The summed E-state index contributed by atoms with van der Waals surface area (Å²) in [6, 6.07) is 22.6. The quantitative estimate of drug-likeness (QED) is 0.424. The summed E-state index contributed by atoms with van der Waals surface area (Å²) >= 11 is 0. The van der Waals surface area contributed by atoms with Crippen LogP contribution in [0.4, 0.5) is 0 Å². The molecule has 2 N–H and O–H groups in total. The second-order valence-corrected chi connectivity index (χ2v) is 7.95. The summed E-state index contributed by atoms with van der Waals surface area (Å²) in [5.74, 6) is -0.975. The molecule has 4 aromatic rings. The number of hydrogen-bond donors (Lipinski definition) is 1. The van der Waals surface area contributed by atoms with Gasteiger partial charge in [0.2, 0.25) is 0 Å². The van der Waals surface area contributed by atoms with Crippen LogP contribution in [-0.2, 0) is 17.6 Å². The van der Waals surface area contributed by atoms with Crippen LogP contribution in [0.1, 0.15) is 45.6 Å². The molecule has 0 aliphatic heterocycles. The van der Waals surface area contributed by atoms with E-state index >= 15 is 0 Å². The Bertz CT molecular complexity index is 1320. The fourth-order valence-corrected chi connectivity index (χ4v) is 3.64. The van der Waals surface area contributed by atoms with Crippen molar-refractivity contribution < 1.29 is 14.3 Å². The third kappa shape index (κ3) is 5.50. The Kier molecular flexibility index (Phi) is 6.73. The number of aromatic nitrogens is 3. The highest BCUT2D eigenvalue weighted by Gasteiger charge is 2.19. The predicted molar refractivity (Wildman–Crippen MR) is 128 cm³/mol. The third-order valence-corrected chi connectivity index (χ3v) is 5.25. The van der Waals surface area contributed by atoms with Gasteiger partial charge in [0.15, 0.2) is 11.4 Å². The molecule has 0 fully saturated rings. The Balaban J connectivity index is 1.49. The summed E-state index contributed by atoms with van der Waals surface area (Å²) in [6.45, 7) is 2.88. The van der Waals surface area contributed by atoms with E-state index in [2.05, 4.69) is 51.4 Å². The first-order valence-electron chi connectivity index (χ1n) is 10.8. The molecule has 7 heteroatoms. The van der Waals surface area contributed by atoms with E-state index < -0.39 is 11.9 Å². The normalized spacial score (nSPS) is 10.6. The molecule has 34 heavy (non-hydrogen) atoms. The second kappa shape index (κ2) is 10.0. The number of hydrogen-bond acceptors (Lipinski definition) is 6. The Morgan fingerprint density at radius 3 is 2.15 bits per heavy atom. The number of amides is 1. The average Bonchev–Trinajstić information content (AvgIpc) is 2.82. The van der Waals surface area contributed by atoms with Gasteiger partial charge in [0.05, 0.1) is 11.4 Å². The zero-order valence-corrected chi connectivity index (χ0v) is 19.0. The molecule has 0 atom stereocenters. The van der Waals surface area contributed by atoms with E-state index in [1.807, 2.05) is 30.3 Å². The highest BCUT2D eigenvalue weighted by atomic mass is 16.5. The largest absolute Gasteiger partial charge is 0.422 e. The van der Waals surface area contributed by atoms with Crippen LogP contribution in [0.2, 0.25) is 0 Å². The van der Waals surface area contributed by atoms with Crippen LogP contribution >= 0.6 is 0 Å². The van der Waals surface area contributed by atoms with Crippen LogP contribution in [-0.4, -0.2) is 26.8 Å². The van der Waals surface area contributed by atoms with E-state index in [0.717, 1.165) is 23.2 Å². The fourth-order valence-electron chi connectivity index (χ4n) is 3.64. The topological polar surface area (TPSA) is 108 Å². The molecule has 0 spiro atoms. The van der Waals surface area contributed by atoms with Gasteiger partial charge in [-0.1, -0.05) is 60.7 Å². The van der Waals surface area contributed by atoms with E-state index in [4.69, 9.17) is 10.5 Å². The molecule has 2 aromatic carbocycles. The monoisotopic (exact) mass is 452 g/mol. The Hall–Kier alpha value is -4.39. The van der Waals surface area contributed by atoms with Crippen molar-refractivity contribution in [1.82, 2.24) is 15.0 Å².